The van der Waals surface area contributed by atoms with E-state index in [0.29, 0.717) is 17.9 Å². The van der Waals surface area contributed by atoms with Gasteiger partial charge in [0, 0.05) is 11.0 Å². The maximum atomic E-state index is 12.3. The summed E-state index contributed by atoms with van der Waals surface area (Å²) in [5.74, 6) is 0.0817. The van der Waals surface area contributed by atoms with Crippen molar-refractivity contribution >= 4 is 33.9 Å². The molecule has 0 aliphatic heterocycles. The van der Waals surface area contributed by atoms with Gasteiger partial charge in [0.2, 0.25) is 0 Å². The van der Waals surface area contributed by atoms with Crippen molar-refractivity contribution < 1.29 is 23.8 Å². The maximum Gasteiger partial charge on any atom is 0.349 e. The monoisotopic (exact) mass is 500 g/mol. The SMILES string of the molecule is CCCNC(=O)/C(C#N)=C/c1ccc(OC(=O)COc2c(C)cc(Br)cc2C)c(OC)c1. The van der Waals surface area contributed by atoms with E-state index in [-0.39, 0.29) is 23.7 Å². The number of hydrogen-bond acceptors (Lipinski definition) is 6. The van der Waals surface area contributed by atoms with Crippen LogP contribution in [0.2, 0.25) is 0 Å². The van der Waals surface area contributed by atoms with Crippen LogP contribution in [0.5, 0.6) is 17.2 Å². The van der Waals surface area contributed by atoms with Gasteiger partial charge >= 0.3 is 5.97 Å². The molecule has 1 N–H and O–H groups in total. The number of nitriles is 1. The first-order chi connectivity index (χ1) is 15.3. The highest BCUT2D eigenvalue weighted by molar-refractivity contribution is 9.10. The van der Waals surface area contributed by atoms with Crippen LogP contribution in [0, 0.1) is 25.2 Å². The summed E-state index contributed by atoms with van der Waals surface area (Å²) < 4.78 is 17.3. The molecule has 2 aromatic carbocycles. The second-order valence-corrected chi connectivity index (χ2v) is 7.88. The summed E-state index contributed by atoms with van der Waals surface area (Å²) >= 11 is 3.43. The van der Waals surface area contributed by atoms with Crippen molar-refractivity contribution in [3.05, 3.63) is 57.1 Å². The van der Waals surface area contributed by atoms with E-state index in [9.17, 15) is 14.9 Å². The molecule has 8 heteroatoms. The van der Waals surface area contributed by atoms with Gasteiger partial charge in [0.05, 0.1) is 7.11 Å². The lowest BCUT2D eigenvalue weighted by molar-refractivity contribution is -0.136. The average molecular weight is 501 g/mol. The summed E-state index contributed by atoms with van der Waals surface area (Å²) in [5.41, 5.74) is 2.32. The lowest BCUT2D eigenvalue weighted by atomic mass is 10.1. The molecule has 2 rings (SSSR count). The van der Waals surface area contributed by atoms with Crippen LogP contribution < -0.4 is 19.5 Å². The van der Waals surface area contributed by atoms with Gasteiger partial charge in [-0.05, 0) is 67.3 Å². The zero-order valence-corrected chi connectivity index (χ0v) is 20.0. The maximum absolute atomic E-state index is 12.3. The minimum Gasteiger partial charge on any atom is -0.493 e. The molecule has 0 spiro atoms. The summed E-state index contributed by atoms with van der Waals surface area (Å²) in [6.45, 7) is 5.92. The molecule has 168 valence electrons. The quantitative estimate of drug-likeness (QED) is 0.235. The smallest absolute Gasteiger partial charge is 0.349 e. The predicted molar refractivity (Wildman–Crippen MR) is 125 cm³/mol. The predicted octanol–water partition coefficient (Wildman–Crippen LogP) is 4.49. The molecule has 0 unspecified atom stereocenters. The number of esters is 1. The van der Waals surface area contributed by atoms with Crippen LogP contribution in [-0.2, 0) is 9.59 Å². The second-order valence-electron chi connectivity index (χ2n) is 6.97. The molecule has 1 amide bonds. The minimum absolute atomic E-state index is 0.0288. The summed E-state index contributed by atoms with van der Waals surface area (Å²) in [6.07, 6.45) is 2.21. The number of nitrogens with one attached hydrogen (secondary N) is 1. The van der Waals surface area contributed by atoms with Crippen LogP contribution >= 0.6 is 15.9 Å². The summed E-state index contributed by atoms with van der Waals surface area (Å²) in [7, 11) is 1.43. The first kappa shape index (κ1) is 25.0. The van der Waals surface area contributed by atoms with Crippen molar-refractivity contribution in [2.24, 2.45) is 0 Å². The molecule has 0 saturated carbocycles. The van der Waals surface area contributed by atoms with Gasteiger partial charge in [0.25, 0.3) is 5.91 Å². The number of aryl methyl sites for hydroxylation is 2. The van der Waals surface area contributed by atoms with Gasteiger partial charge in [0.1, 0.15) is 17.4 Å². The van der Waals surface area contributed by atoms with Gasteiger partial charge in [-0.1, -0.05) is 28.9 Å². The highest BCUT2D eigenvalue weighted by atomic mass is 79.9. The number of methoxy groups -OCH3 is 1. The van der Waals surface area contributed by atoms with Crippen LogP contribution in [0.15, 0.2) is 40.4 Å². The molecule has 0 aliphatic carbocycles. The fourth-order valence-corrected chi connectivity index (χ4v) is 3.60. The number of rotatable bonds is 9. The van der Waals surface area contributed by atoms with E-state index in [1.54, 1.807) is 12.1 Å². The molecule has 0 bridgehead atoms. The van der Waals surface area contributed by atoms with Crippen molar-refractivity contribution in [1.29, 1.82) is 5.26 Å². The van der Waals surface area contributed by atoms with E-state index in [0.717, 1.165) is 22.0 Å². The molecule has 0 atom stereocenters. The fourth-order valence-electron chi connectivity index (χ4n) is 2.92. The molecular formula is C24H25BrN2O5. The third-order valence-corrected chi connectivity index (χ3v) is 4.84. The first-order valence-electron chi connectivity index (χ1n) is 9.97. The van der Waals surface area contributed by atoms with Crippen LogP contribution in [0.25, 0.3) is 6.08 Å². The molecule has 0 saturated heterocycles. The van der Waals surface area contributed by atoms with E-state index < -0.39 is 11.9 Å². The van der Waals surface area contributed by atoms with E-state index in [2.05, 4.69) is 21.2 Å². The van der Waals surface area contributed by atoms with E-state index in [1.165, 1.54) is 19.3 Å². The fraction of sp³-hybridized carbons (Fsp3) is 0.292. The highest BCUT2D eigenvalue weighted by Crippen LogP contribution is 2.30. The Morgan fingerprint density at radius 1 is 1.16 bits per heavy atom. The van der Waals surface area contributed by atoms with Gasteiger partial charge in [-0.3, -0.25) is 4.79 Å². The van der Waals surface area contributed by atoms with Gasteiger partial charge < -0.3 is 19.5 Å². The van der Waals surface area contributed by atoms with Gasteiger partial charge in [-0.25, -0.2) is 4.79 Å². The summed E-state index contributed by atoms with van der Waals surface area (Å²) in [5, 5.41) is 11.9. The van der Waals surface area contributed by atoms with Crippen molar-refractivity contribution in [3.63, 3.8) is 0 Å². The number of carbonyl (C=O) groups is 2. The number of halogens is 1. The Hall–Kier alpha value is -3.31. The Bertz CT molecular complexity index is 1050. The Morgan fingerprint density at radius 2 is 1.84 bits per heavy atom. The van der Waals surface area contributed by atoms with E-state index >= 15 is 0 Å². The van der Waals surface area contributed by atoms with Crippen LogP contribution in [-0.4, -0.2) is 32.1 Å². The topological polar surface area (TPSA) is 97.7 Å². The summed E-state index contributed by atoms with van der Waals surface area (Å²) in [6, 6.07) is 10.4. The third kappa shape index (κ3) is 6.86. The molecule has 7 nitrogen and oxygen atoms in total. The molecule has 2 aromatic rings. The van der Waals surface area contributed by atoms with Crippen molar-refractivity contribution in [2.45, 2.75) is 27.2 Å². The number of ether oxygens (including phenoxy) is 3. The van der Waals surface area contributed by atoms with E-state index in [1.807, 2.05) is 39.0 Å². The number of amides is 1. The first-order valence-corrected chi connectivity index (χ1v) is 10.8. The van der Waals surface area contributed by atoms with Crippen molar-refractivity contribution in [1.82, 2.24) is 5.32 Å². The molecule has 0 radical (unpaired) electrons. The Kier molecular flexibility index (Phi) is 9.29. The van der Waals surface area contributed by atoms with Crippen LogP contribution in [0.4, 0.5) is 0 Å². The van der Waals surface area contributed by atoms with Gasteiger partial charge in [-0.15, -0.1) is 0 Å². The molecule has 0 fully saturated rings. The largest absolute Gasteiger partial charge is 0.493 e. The molecule has 32 heavy (non-hydrogen) atoms. The Balaban J connectivity index is 2.11. The Labute approximate surface area is 196 Å². The van der Waals surface area contributed by atoms with Crippen molar-refractivity contribution in [3.8, 4) is 23.3 Å². The highest BCUT2D eigenvalue weighted by Gasteiger charge is 2.14. The standard InChI is InChI=1S/C24H25BrN2O5/c1-5-8-27-24(29)18(13-26)11-17-6-7-20(21(12-17)30-4)32-22(28)14-31-23-15(2)9-19(25)10-16(23)3/h6-7,9-12H,5,8,14H2,1-4H3,(H,27,29)/b18-11+. The lowest BCUT2D eigenvalue weighted by Gasteiger charge is -2.13. The number of hydrogen-bond donors (Lipinski definition) is 1. The van der Waals surface area contributed by atoms with Gasteiger partial charge in [-0.2, -0.15) is 5.26 Å². The summed E-state index contributed by atoms with van der Waals surface area (Å²) in [4.78, 5) is 24.4. The normalized spacial score (nSPS) is 10.8. The number of nitrogens with zero attached hydrogens (tertiary/aromatic N) is 1. The lowest BCUT2D eigenvalue weighted by Crippen LogP contribution is -2.25. The molecule has 0 heterocycles. The van der Waals surface area contributed by atoms with E-state index in [4.69, 9.17) is 14.2 Å². The van der Waals surface area contributed by atoms with Crippen molar-refractivity contribution in [2.75, 3.05) is 20.3 Å². The molecule has 0 aromatic heterocycles. The molecular weight excluding hydrogens is 476 g/mol. The van der Waals surface area contributed by atoms with Gasteiger partial charge in [0.15, 0.2) is 18.1 Å². The van der Waals surface area contributed by atoms with Crippen LogP contribution in [0.1, 0.15) is 30.0 Å². The zero-order chi connectivity index (χ0) is 23.7. The number of carbonyl (C=O) groups excluding carboxylic acids is 2. The van der Waals surface area contributed by atoms with Crippen LogP contribution in [0.3, 0.4) is 0 Å². The zero-order valence-electron chi connectivity index (χ0n) is 18.5. The average Bonchev–Trinajstić information content (AvgIpc) is 2.75. The third-order valence-electron chi connectivity index (χ3n) is 4.38. The molecule has 0 aliphatic rings. The second kappa shape index (κ2) is 11.9. The Morgan fingerprint density at radius 3 is 2.44 bits per heavy atom. The minimum atomic E-state index is -0.593. The number of benzene rings is 2.